The van der Waals surface area contributed by atoms with Crippen molar-refractivity contribution in [2.24, 2.45) is 0 Å². The van der Waals surface area contributed by atoms with Crippen LogP contribution in [-0.2, 0) is 6.42 Å². The molecule has 3 aromatic heterocycles. The topological polar surface area (TPSA) is 142 Å². The van der Waals surface area contributed by atoms with Gasteiger partial charge in [-0.1, -0.05) is 101 Å². The molecule has 0 saturated heterocycles. The van der Waals surface area contributed by atoms with E-state index in [1.165, 1.54) is 12.0 Å². The van der Waals surface area contributed by atoms with Crippen LogP contribution in [-0.4, -0.2) is 43.3 Å². The quantitative estimate of drug-likeness (QED) is 0.101. The molecule has 6 aromatic carbocycles. The number of H-pyrrole nitrogens is 2. The zero-order valence-electron chi connectivity index (χ0n) is 31.5. The summed E-state index contributed by atoms with van der Waals surface area (Å²) in [5, 5.41) is 7.91. The van der Waals surface area contributed by atoms with Gasteiger partial charge in [0, 0.05) is 28.9 Å². The number of rotatable bonds is 10. The summed E-state index contributed by atoms with van der Waals surface area (Å²) in [6, 6.07) is 38.8. The number of aromatic nitrogens is 5. The maximum absolute atomic E-state index is 12.8. The Kier molecular flexibility index (Phi) is 12.3. The standard InChI is InChI=1S/C23H14Cl2N4O2.C23H19Cl2N3O/c24-16-5-2-6-17(25)21(16)22-28-18-8-7-14(10-19(18)29-22)23(30)27-15-4-1-3-13(9-15)20-11-26-12-31-20;24-17-9-4-10-18(25)21(17)22-27-19-12-11-16(14-20(19)28-22)23(29)26-13-5-8-15-6-2-1-3-7-15/h1-12H,(H,27,30)(H,28,29);1-4,6-7,9-12,14H,5,8,13H2,(H,26,29)(H,27,28). The lowest BCUT2D eigenvalue weighted by Gasteiger charge is -2.06. The molecule has 2 amide bonds. The normalized spacial score (nSPS) is 11.0. The SMILES string of the molecule is O=C(NCCCc1ccccc1)c1ccc2nc(-c3c(Cl)cccc3Cl)[nH]c2c1.O=C(Nc1cccc(-c2cnco2)c1)c1ccc2nc(-c3c(Cl)cccc3Cl)[nH]c2c1. The Labute approximate surface area is 363 Å². The summed E-state index contributed by atoms with van der Waals surface area (Å²) in [5.41, 5.74) is 7.99. The Hall–Kier alpha value is -6.43. The molecule has 0 radical (unpaired) electrons. The van der Waals surface area contributed by atoms with Crippen molar-refractivity contribution in [3.05, 3.63) is 177 Å². The minimum Gasteiger partial charge on any atom is -0.444 e. The van der Waals surface area contributed by atoms with Gasteiger partial charge in [0.25, 0.3) is 11.8 Å². The third-order valence-electron chi connectivity index (χ3n) is 9.50. The molecule has 0 fully saturated rings. The minimum absolute atomic E-state index is 0.105. The van der Waals surface area contributed by atoms with Crippen LogP contribution in [0.3, 0.4) is 0 Å². The van der Waals surface area contributed by atoms with Crippen LogP contribution in [0.1, 0.15) is 32.7 Å². The van der Waals surface area contributed by atoms with Crippen LogP contribution in [0.15, 0.2) is 144 Å². The number of aryl methyl sites for hydroxylation is 1. The summed E-state index contributed by atoms with van der Waals surface area (Å²) in [6.07, 6.45) is 4.81. The third kappa shape index (κ3) is 9.22. The second-order valence-corrected chi connectivity index (χ2v) is 15.2. The number of benzene rings is 6. The van der Waals surface area contributed by atoms with E-state index in [0.717, 1.165) is 29.4 Å². The Morgan fingerprint density at radius 3 is 1.75 bits per heavy atom. The highest BCUT2D eigenvalue weighted by Gasteiger charge is 2.16. The van der Waals surface area contributed by atoms with E-state index in [2.05, 4.69) is 47.7 Å². The molecule has 10 nitrogen and oxygen atoms in total. The molecule has 0 unspecified atom stereocenters. The van der Waals surface area contributed by atoms with Gasteiger partial charge in [-0.25, -0.2) is 15.0 Å². The van der Waals surface area contributed by atoms with Crippen molar-refractivity contribution in [2.45, 2.75) is 12.8 Å². The number of nitrogens with zero attached hydrogens (tertiary/aromatic N) is 3. The summed E-state index contributed by atoms with van der Waals surface area (Å²) < 4.78 is 5.31. The number of aromatic amines is 2. The molecule has 0 spiro atoms. The molecule has 0 atom stereocenters. The van der Waals surface area contributed by atoms with Gasteiger partial charge in [0.05, 0.1) is 59.5 Å². The van der Waals surface area contributed by atoms with E-state index in [9.17, 15) is 9.59 Å². The molecular weight excluding hydrogens is 840 g/mol. The summed E-state index contributed by atoms with van der Waals surface area (Å²) in [7, 11) is 0. The highest BCUT2D eigenvalue weighted by molar-refractivity contribution is 6.39. The molecule has 0 bridgehead atoms. The Morgan fingerprint density at radius 1 is 0.617 bits per heavy atom. The van der Waals surface area contributed by atoms with Crippen LogP contribution in [0.4, 0.5) is 5.69 Å². The van der Waals surface area contributed by atoms with Gasteiger partial charge in [-0.3, -0.25) is 9.59 Å². The zero-order chi connectivity index (χ0) is 41.6. The Balaban J connectivity index is 0.000000167. The lowest BCUT2D eigenvalue weighted by molar-refractivity contribution is 0.0952. The lowest BCUT2D eigenvalue weighted by atomic mass is 10.1. The number of carbonyl (C=O) groups is 2. The number of hydrogen-bond donors (Lipinski definition) is 4. The average Bonchev–Trinajstić information content (AvgIpc) is 4.03. The maximum atomic E-state index is 12.8. The summed E-state index contributed by atoms with van der Waals surface area (Å²) >= 11 is 25.1. The molecule has 0 saturated carbocycles. The monoisotopic (exact) mass is 871 g/mol. The molecule has 14 heteroatoms. The predicted molar refractivity (Wildman–Crippen MR) is 240 cm³/mol. The Morgan fingerprint density at radius 2 is 1.18 bits per heavy atom. The van der Waals surface area contributed by atoms with Crippen molar-refractivity contribution in [3.63, 3.8) is 0 Å². The fourth-order valence-corrected chi connectivity index (χ4v) is 7.69. The molecule has 9 rings (SSSR count). The first-order chi connectivity index (χ1) is 29.2. The van der Waals surface area contributed by atoms with Gasteiger partial charge in [-0.2, -0.15) is 0 Å². The summed E-state index contributed by atoms with van der Waals surface area (Å²) in [5.74, 6) is 1.40. The van der Waals surface area contributed by atoms with E-state index in [-0.39, 0.29) is 11.8 Å². The molecular formula is C46H33Cl4N7O3. The minimum atomic E-state index is -0.247. The van der Waals surface area contributed by atoms with E-state index in [1.807, 2.05) is 48.5 Å². The zero-order valence-corrected chi connectivity index (χ0v) is 34.5. The first-order valence-corrected chi connectivity index (χ1v) is 20.2. The molecule has 0 aliphatic carbocycles. The van der Waals surface area contributed by atoms with Gasteiger partial charge in [-0.05, 0) is 91.2 Å². The van der Waals surface area contributed by atoms with E-state index >= 15 is 0 Å². The molecule has 3 heterocycles. The van der Waals surface area contributed by atoms with Gasteiger partial charge in [0.15, 0.2) is 12.2 Å². The van der Waals surface area contributed by atoms with Crippen molar-refractivity contribution in [3.8, 4) is 34.1 Å². The number of amides is 2. The molecule has 4 N–H and O–H groups in total. The number of carbonyl (C=O) groups excluding carboxylic acids is 2. The summed E-state index contributed by atoms with van der Waals surface area (Å²) in [6.45, 7) is 0.620. The van der Waals surface area contributed by atoms with Crippen molar-refractivity contribution in [1.82, 2.24) is 30.2 Å². The van der Waals surface area contributed by atoms with Crippen LogP contribution in [0.25, 0.3) is 56.2 Å². The van der Waals surface area contributed by atoms with Gasteiger partial charge >= 0.3 is 0 Å². The predicted octanol–water partition coefficient (Wildman–Crippen LogP) is 12.3. The van der Waals surface area contributed by atoms with Crippen molar-refractivity contribution >= 4 is 86.0 Å². The number of nitrogens with one attached hydrogen (secondary N) is 4. The molecule has 60 heavy (non-hydrogen) atoms. The summed E-state index contributed by atoms with van der Waals surface area (Å²) in [4.78, 5) is 44.8. The highest BCUT2D eigenvalue weighted by Crippen LogP contribution is 2.35. The van der Waals surface area contributed by atoms with Crippen LogP contribution in [0, 0.1) is 0 Å². The van der Waals surface area contributed by atoms with Crippen LogP contribution < -0.4 is 10.6 Å². The van der Waals surface area contributed by atoms with Crippen molar-refractivity contribution < 1.29 is 14.0 Å². The Bertz CT molecular complexity index is 2930. The van der Waals surface area contributed by atoms with Crippen molar-refractivity contribution in [1.29, 1.82) is 0 Å². The first-order valence-electron chi connectivity index (χ1n) is 18.7. The number of anilines is 1. The smallest absolute Gasteiger partial charge is 0.255 e. The first kappa shape index (κ1) is 40.4. The number of halogens is 4. The molecule has 0 aliphatic rings. The van der Waals surface area contributed by atoms with E-state index in [4.69, 9.17) is 50.8 Å². The second-order valence-electron chi connectivity index (χ2n) is 13.6. The van der Waals surface area contributed by atoms with Gasteiger partial charge in [-0.15, -0.1) is 0 Å². The number of oxazole rings is 1. The van der Waals surface area contributed by atoms with E-state index in [0.29, 0.717) is 83.0 Å². The third-order valence-corrected chi connectivity index (χ3v) is 10.8. The number of fused-ring (bicyclic) bond motifs is 2. The fraction of sp³-hybridized carbons (Fsp3) is 0.0652. The average molecular weight is 874 g/mol. The molecule has 9 aromatic rings. The van der Waals surface area contributed by atoms with Crippen LogP contribution in [0.5, 0.6) is 0 Å². The second kappa shape index (κ2) is 18.2. The van der Waals surface area contributed by atoms with Gasteiger partial charge in [0.2, 0.25) is 0 Å². The van der Waals surface area contributed by atoms with E-state index in [1.54, 1.807) is 72.9 Å². The molecule has 298 valence electrons. The fourth-order valence-electron chi connectivity index (χ4n) is 6.54. The number of hydrogen-bond acceptors (Lipinski definition) is 6. The van der Waals surface area contributed by atoms with Crippen LogP contribution in [0.2, 0.25) is 20.1 Å². The van der Waals surface area contributed by atoms with E-state index < -0.39 is 0 Å². The number of imidazole rings is 2. The van der Waals surface area contributed by atoms with Crippen LogP contribution >= 0.6 is 46.4 Å². The van der Waals surface area contributed by atoms with Crippen molar-refractivity contribution in [2.75, 3.05) is 11.9 Å². The largest absolute Gasteiger partial charge is 0.444 e. The highest BCUT2D eigenvalue weighted by atomic mass is 35.5. The van der Waals surface area contributed by atoms with Gasteiger partial charge < -0.3 is 25.0 Å². The lowest BCUT2D eigenvalue weighted by Crippen LogP contribution is -2.24. The maximum Gasteiger partial charge on any atom is 0.255 e. The van der Waals surface area contributed by atoms with Gasteiger partial charge in [0.1, 0.15) is 11.6 Å². The molecule has 0 aliphatic heterocycles.